The van der Waals surface area contributed by atoms with Crippen molar-refractivity contribution in [3.63, 3.8) is 0 Å². The molecule has 0 aromatic heterocycles. The van der Waals surface area contributed by atoms with Gasteiger partial charge in [0.15, 0.2) is 5.78 Å². The van der Waals surface area contributed by atoms with Crippen LogP contribution < -0.4 is 9.47 Å². The van der Waals surface area contributed by atoms with Gasteiger partial charge in [-0.3, -0.25) is 4.79 Å². The molecule has 0 bridgehead atoms. The van der Waals surface area contributed by atoms with Gasteiger partial charge in [0.2, 0.25) is 6.79 Å². The Morgan fingerprint density at radius 1 is 0.625 bits per heavy atom. The first-order chi connectivity index (χ1) is 23.0. The first kappa shape index (κ1) is 33.7. The summed E-state index contributed by atoms with van der Waals surface area (Å²) in [5, 5.41) is 0. The smallest absolute Gasteiger partial charge is 0.335 e. The maximum Gasteiger partial charge on any atom is 0.335 e. The highest BCUT2D eigenvalue weighted by molar-refractivity contribution is 5.95. The van der Waals surface area contributed by atoms with Crippen LogP contribution in [-0.2, 0) is 29.3 Å². The maximum absolute atomic E-state index is 12.4. The lowest BCUT2D eigenvalue weighted by atomic mass is 9.68. The molecule has 0 amide bonds. The number of rotatable bonds is 14. The van der Waals surface area contributed by atoms with Gasteiger partial charge in [-0.2, -0.15) is 0 Å². The minimum atomic E-state index is -0.803. The monoisotopic (exact) mass is 642 g/mol. The molecule has 1 aliphatic carbocycles. The van der Waals surface area contributed by atoms with Crippen molar-refractivity contribution in [1.82, 2.24) is 0 Å². The van der Waals surface area contributed by atoms with E-state index in [9.17, 15) is 14.4 Å². The number of esters is 2. The number of hydrogen-bond acceptors (Lipinski definition) is 7. The number of carbonyl (C=O) groups excluding carboxylic acids is 3. The lowest BCUT2D eigenvalue weighted by Gasteiger charge is -2.34. The summed E-state index contributed by atoms with van der Waals surface area (Å²) in [5.74, 6) is -0.197. The molecule has 4 aromatic carbocycles. The van der Waals surface area contributed by atoms with Crippen molar-refractivity contribution in [2.45, 2.75) is 38.7 Å². The molecular weight excluding hydrogens is 604 g/mol. The van der Waals surface area contributed by atoms with Gasteiger partial charge in [0.1, 0.15) is 24.2 Å². The Labute approximate surface area is 281 Å². The third kappa shape index (κ3) is 6.86. The van der Waals surface area contributed by atoms with Crippen LogP contribution in [0.2, 0.25) is 0 Å². The topological polar surface area (TPSA) is 88.1 Å². The van der Waals surface area contributed by atoms with Gasteiger partial charge in [0.05, 0.1) is 11.8 Å². The van der Waals surface area contributed by atoms with Gasteiger partial charge >= 0.3 is 11.9 Å². The van der Waals surface area contributed by atoms with Crippen LogP contribution in [0.3, 0.4) is 0 Å². The first-order valence-corrected chi connectivity index (χ1v) is 15.6. The van der Waals surface area contributed by atoms with Gasteiger partial charge < -0.3 is 18.9 Å². The van der Waals surface area contributed by atoms with Crippen LogP contribution in [0.25, 0.3) is 11.1 Å². The fourth-order valence-electron chi connectivity index (χ4n) is 5.86. The van der Waals surface area contributed by atoms with E-state index in [2.05, 4.69) is 44.0 Å². The van der Waals surface area contributed by atoms with Gasteiger partial charge in [0, 0.05) is 11.1 Å². The zero-order chi connectivity index (χ0) is 34.4. The summed E-state index contributed by atoms with van der Waals surface area (Å²) in [7, 11) is 0. The molecule has 5 rings (SSSR count). The Kier molecular flexibility index (Phi) is 10.1. The van der Waals surface area contributed by atoms with Gasteiger partial charge in [-0.15, -0.1) is 0 Å². The minimum absolute atomic E-state index is 0.0165. The number of Topliss-reactive ketones (excluding diaryl/α,β-unsaturated/α-hetero) is 1. The Bertz CT molecular complexity index is 1810. The molecule has 0 fully saturated rings. The third-order valence-electron chi connectivity index (χ3n) is 8.24. The van der Waals surface area contributed by atoms with E-state index >= 15 is 0 Å². The second-order valence-corrected chi connectivity index (χ2v) is 11.9. The van der Waals surface area contributed by atoms with Crippen LogP contribution in [0, 0.1) is 0 Å². The molecule has 7 nitrogen and oxygen atoms in total. The van der Waals surface area contributed by atoms with Crippen LogP contribution in [0.4, 0.5) is 0 Å². The molecule has 0 heterocycles. The number of carbonyl (C=O) groups is 3. The molecule has 0 radical (unpaired) electrons. The first-order valence-electron chi connectivity index (χ1n) is 15.6. The molecule has 0 aliphatic heterocycles. The maximum atomic E-state index is 12.4. The number of allylic oxidation sites excluding steroid dienone is 1. The molecule has 1 atom stereocenters. The molecule has 1 aliphatic rings. The minimum Gasteiger partial charge on any atom is -0.490 e. The number of fused-ring (bicyclic) bond motifs is 3. The Morgan fingerprint density at radius 3 is 1.58 bits per heavy atom. The zero-order valence-electron chi connectivity index (χ0n) is 27.4. The number of hydrogen-bond donors (Lipinski definition) is 0. The van der Waals surface area contributed by atoms with Crippen molar-refractivity contribution in [1.29, 1.82) is 0 Å². The van der Waals surface area contributed by atoms with E-state index in [1.807, 2.05) is 72.8 Å². The van der Waals surface area contributed by atoms with E-state index in [1.165, 1.54) is 0 Å². The average molecular weight is 643 g/mol. The number of ether oxygens (including phenoxy) is 4. The predicted octanol–water partition coefficient (Wildman–Crippen LogP) is 7.91. The third-order valence-corrected chi connectivity index (χ3v) is 8.24. The van der Waals surface area contributed by atoms with Gasteiger partial charge in [-0.1, -0.05) is 92.5 Å². The largest absolute Gasteiger partial charge is 0.490 e. The van der Waals surface area contributed by atoms with E-state index in [4.69, 9.17) is 18.9 Å². The van der Waals surface area contributed by atoms with E-state index in [0.717, 1.165) is 33.4 Å². The van der Waals surface area contributed by atoms with Crippen molar-refractivity contribution in [3.05, 3.63) is 156 Å². The second-order valence-electron chi connectivity index (χ2n) is 11.9. The van der Waals surface area contributed by atoms with Crippen molar-refractivity contribution in [2.75, 3.05) is 13.4 Å². The van der Waals surface area contributed by atoms with Crippen molar-refractivity contribution >= 4 is 17.7 Å². The summed E-state index contributed by atoms with van der Waals surface area (Å²) in [6, 6.07) is 32.4. The molecule has 0 saturated heterocycles. The number of ketones is 1. The lowest BCUT2D eigenvalue weighted by molar-refractivity contribution is -0.147. The van der Waals surface area contributed by atoms with E-state index in [1.54, 1.807) is 20.8 Å². The summed E-state index contributed by atoms with van der Waals surface area (Å²) in [4.78, 5) is 36.4. The van der Waals surface area contributed by atoms with Crippen LogP contribution >= 0.6 is 0 Å². The zero-order valence-corrected chi connectivity index (χ0v) is 27.4. The van der Waals surface area contributed by atoms with E-state index in [-0.39, 0.29) is 31.2 Å². The van der Waals surface area contributed by atoms with Gasteiger partial charge in [-0.25, -0.2) is 9.59 Å². The van der Waals surface area contributed by atoms with Gasteiger partial charge in [-0.05, 0) is 84.0 Å². The molecule has 48 heavy (non-hydrogen) atoms. The molecule has 4 aromatic rings. The van der Waals surface area contributed by atoms with Crippen molar-refractivity contribution in [2.24, 2.45) is 0 Å². The van der Waals surface area contributed by atoms with E-state index in [0.29, 0.717) is 22.6 Å². The Balaban J connectivity index is 1.48. The quantitative estimate of drug-likeness (QED) is 0.0691. The van der Waals surface area contributed by atoms with Crippen molar-refractivity contribution < 1.29 is 33.3 Å². The lowest BCUT2D eigenvalue weighted by Crippen LogP contribution is -2.29. The molecule has 0 saturated carbocycles. The average Bonchev–Trinajstić information content (AvgIpc) is 3.38. The summed E-state index contributed by atoms with van der Waals surface area (Å²) >= 11 is 0. The fraction of sp³-hybridized carbons (Fsp3) is 0.195. The SMILES string of the molecule is C=C(C)C(=O)CC(COc1ccc(C2(c3ccc(OCOC(=O)C(=C)C)cc3)c3ccccc3-c3ccccc32)cc1)OC(=O)C(=C)C. The molecule has 1 unspecified atom stereocenters. The summed E-state index contributed by atoms with van der Waals surface area (Å²) in [6.45, 7) is 15.4. The molecule has 7 heteroatoms. The van der Waals surface area contributed by atoms with Crippen LogP contribution in [-0.4, -0.2) is 37.2 Å². The van der Waals surface area contributed by atoms with Crippen molar-refractivity contribution in [3.8, 4) is 22.6 Å². The van der Waals surface area contributed by atoms with Crippen LogP contribution in [0.15, 0.2) is 134 Å². The molecule has 244 valence electrons. The van der Waals surface area contributed by atoms with Gasteiger partial charge in [0.25, 0.3) is 0 Å². The molecule has 0 spiro atoms. The predicted molar refractivity (Wildman–Crippen MR) is 185 cm³/mol. The standard InChI is InChI=1S/C41H38O7/c1-26(2)38(42)23-33(48-40(44)28(5)6)24-45-31-19-15-29(16-20-31)41(30-17-21-32(22-18-30)46-25-47-39(43)27(3)4)36-13-9-7-11-34(36)35-12-8-10-14-37(35)41/h7-22,33H,1,3,5,23-25H2,2,4,6H3. The Hall–Kier alpha value is -5.69. The Morgan fingerprint density at radius 2 is 1.10 bits per heavy atom. The summed E-state index contributed by atoms with van der Waals surface area (Å²) in [6.07, 6.45) is -0.845. The second kappa shape index (κ2) is 14.4. The summed E-state index contributed by atoms with van der Waals surface area (Å²) < 4.78 is 22.4. The molecule has 0 N–H and O–H groups in total. The van der Waals surface area contributed by atoms with E-state index < -0.39 is 23.5 Å². The fourth-order valence-corrected chi connectivity index (χ4v) is 5.86. The highest BCUT2D eigenvalue weighted by Crippen LogP contribution is 2.56. The summed E-state index contributed by atoms with van der Waals surface area (Å²) in [5.41, 5.74) is 6.84. The highest BCUT2D eigenvalue weighted by Gasteiger charge is 2.45. The highest BCUT2D eigenvalue weighted by atomic mass is 16.7. The normalized spacial score (nSPS) is 12.9. The van der Waals surface area contributed by atoms with Crippen LogP contribution in [0.1, 0.15) is 49.4 Å². The number of benzene rings is 4. The van der Waals surface area contributed by atoms with Crippen LogP contribution in [0.5, 0.6) is 11.5 Å². The molecular formula is C41H38O7.